The van der Waals surface area contributed by atoms with Gasteiger partial charge in [-0.1, -0.05) is 0 Å². The lowest BCUT2D eigenvalue weighted by Crippen LogP contribution is -2.27. The van der Waals surface area contributed by atoms with Crippen molar-refractivity contribution in [3.8, 4) is 5.75 Å². The lowest BCUT2D eigenvalue weighted by atomic mass is 10.2. The van der Waals surface area contributed by atoms with Crippen LogP contribution in [0.3, 0.4) is 0 Å². The third-order valence-electron chi connectivity index (χ3n) is 4.53. The molecule has 8 heteroatoms. The molecule has 26 heavy (non-hydrogen) atoms. The molecule has 136 valence electrons. The summed E-state index contributed by atoms with van der Waals surface area (Å²) in [6, 6.07) is 6.37. The van der Waals surface area contributed by atoms with Crippen LogP contribution in [-0.2, 0) is 11.3 Å². The Balaban J connectivity index is 1.37. The summed E-state index contributed by atoms with van der Waals surface area (Å²) in [5, 5.41) is 7.59. The standard InChI is InChI=1S/C18H21N5O2S/c1-12-7-16(25-15-4-6-23-14(8-15)3-5-20-23)10-22(12)11-17-9-19-18(26-17)21-13(2)24/h3-6,8-9,12,16H,7,10-11H2,1-2H3,(H,19,21,24)/t12-,16+/m0/s1. The van der Waals surface area contributed by atoms with Gasteiger partial charge in [-0.2, -0.15) is 5.10 Å². The van der Waals surface area contributed by atoms with Crippen molar-refractivity contribution < 1.29 is 9.53 Å². The van der Waals surface area contributed by atoms with E-state index in [1.165, 1.54) is 18.3 Å². The predicted molar refractivity (Wildman–Crippen MR) is 101 cm³/mol. The summed E-state index contributed by atoms with van der Waals surface area (Å²) in [6.45, 7) is 5.41. The fourth-order valence-electron chi connectivity index (χ4n) is 3.31. The van der Waals surface area contributed by atoms with Crippen LogP contribution in [0.4, 0.5) is 5.13 Å². The molecule has 0 saturated carbocycles. The molecule has 0 aliphatic carbocycles. The Morgan fingerprint density at radius 1 is 1.46 bits per heavy atom. The number of nitrogens with zero attached hydrogens (tertiary/aromatic N) is 4. The Morgan fingerprint density at radius 3 is 3.19 bits per heavy atom. The molecule has 1 amide bonds. The van der Waals surface area contributed by atoms with Crippen LogP contribution in [0.2, 0.25) is 0 Å². The first-order valence-corrected chi connectivity index (χ1v) is 9.45. The number of likely N-dealkylation sites (tertiary alicyclic amines) is 1. The van der Waals surface area contributed by atoms with Gasteiger partial charge in [0.2, 0.25) is 5.91 Å². The summed E-state index contributed by atoms with van der Waals surface area (Å²) >= 11 is 1.52. The van der Waals surface area contributed by atoms with E-state index in [0.717, 1.165) is 35.7 Å². The van der Waals surface area contributed by atoms with E-state index in [9.17, 15) is 4.79 Å². The Hall–Kier alpha value is -2.45. The summed E-state index contributed by atoms with van der Waals surface area (Å²) in [5.41, 5.74) is 1.03. The molecule has 1 aliphatic rings. The highest BCUT2D eigenvalue weighted by molar-refractivity contribution is 7.15. The first-order valence-electron chi connectivity index (χ1n) is 8.63. The zero-order chi connectivity index (χ0) is 18.1. The van der Waals surface area contributed by atoms with E-state index < -0.39 is 0 Å². The van der Waals surface area contributed by atoms with Gasteiger partial charge < -0.3 is 10.1 Å². The minimum atomic E-state index is -0.0935. The number of anilines is 1. The molecule has 7 nitrogen and oxygen atoms in total. The quantitative estimate of drug-likeness (QED) is 0.747. The normalized spacial score (nSPS) is 20.5. The molecular formula is C18H21N5O2S. The van der Waals surface area contributed by atoms with E-state index in [1.54, 1.807) is 6.20 Å². The van der Waals surface area contributed by atoms with Gasteiger partial charge in [0.05, 0.1) is 5.52 Å². The second kappa shape index (κ2) is 7.05. The molecule has 1 N–H and O–H groups in total. The van der Waals surface area contributed by atoms with E-state index in [0.29, 0.717) is 11.2 Å². The number of hydrogen-bond donors (Lipinski definition) is 1. The van der Waals surface area contributed by atoms with Crippen LogP contribution in [0.15, 0.2) is 36.8 Å². The first kappa shape index (κ1) is 17.0. The Bertz CT molecular complexity index is 921. The number of fused-ring (bicyclic) bond motifs is 1. The van der Waals surface area contributed by atoms with Crippen LogP contribution in [-0.4, -0.2) is 44.1 Å². The van der Waals surface area contributed by atoms with Gasteiger partial charge in [-0.15, -0.1) is 11.3 Å². The minimum Gasteiger partial charge on any atom is -0.489 e. The molecule has 4 heterocycles. The third-order valence-corrected chi connectivity index (χ3v) is 5.43. The predicted octanol–water partition coefficient (Wildman–Crippen LogP) is 2.79. The summed E-state index contributed by atoms with van der Waals surface area (Å²) in [5.74, 6) is 0.784. The molecule has 1 fully saturated rings. The Morgan fingerprint density at radius 2 is 2.35 bits per heavy atom. The van der Waals surface area contributed by atoms with Crippen LogP contribution >= 0.6 is 11.3 Å². The summed E-state index contributed by atoms with van der Waals surface area (Å²) in [7, 11) is 0. The smallest absolute Gasteiger partial charge is 0.223 e. The number of aromatic nitrogens is 3. The molecule has 0 aromatic carbocycles. The average Bonchev–Trinajstić information content (AvgIpc) is 3.29. The number of thiazole rings is 1. The van der Waals surface area contributed by atoms with Crippen molar-refractivity contribution in [3.05, 3.63) is 41.7 Å². The monoisotopic (exact) mass is 371 g/mol. The Labute approximate surface area is 155 Å². The zero-order valence-electron chi connectivity index (χ0n) is 14.8. The largest absolute Gasteiger partial charge is 0.489 e. The van der Waals surface area contributed by atoms with Gasteiger partial charge in [0, 0.05) is 62.0 Å². The number of nitrogens with one attached hydrogen (secondary N) is 1. The Kier molecular flexibility index (Phi) is 4.60. The second-order valence-corrected chi connectivity index (χ2v) is 7.75. The van der Waals surface area contributed by atoms with E-state index in [1.807, 2.05) is 35.1 Å². The van der Waals surface area contributed by atoms with E-state index in [-0.39, 0.29) is 12.0 Å². The SMILES string of the molecule is CC(=O)Nc1ncc(CN2C[C@H](Oc3ccn4nccc4c3)C[C@@H]2C)s1. The van der Waals surface area contributed by atoms with Crippen LogP contribution in [0.5, 0.6) is 5.75 Å². The van der Waals surface area contributed by atoms with Crippen LogP contribution in [0.25, 0.3) is 5.52 Å². The van der Waals surface area contributed by atoms with Crippen LogP contribution in [0, 0.1) is 0 Å². The van der Waals surface area contributed by atoms with Gasteiger partial charge in [0.15, 0.2) is 5.13 Å². The molecule has 0 radical (unpaired) electrons. The number of hydrogen-bond acceptors (Lipinski definition) is 6. The number of carbonyl (C=O) groups excluding carboxylic acids is 1. The molecule has 2 atom stereocenters. The summed E-state index contributed by atoms with van der Waals surface area (Å²) in [6.07, 6.45) is 6.69. The minimum absolute atomic E-state index is 0.0935. The molecule has 3 aromatic heterocycles. The van der Waals surface area contributed by atoms with Crippen LogP contribution < -0.4 is 10.1 Å². The van der Waals surface area contributed by atoms with E-state index in [2.05, 4.69) is 27.2 Å². The second-order valence-electron chi connectivity index (χ2n) is 6.63. The van der Waals surface area contributed by atoms with Crippen molar-refractivity contribution in [2.45, 2.75) is 39.0 Å². The fraction of sp³-hybridized carbons (Fsp3) is 0.389. The topological polar surface area (TPSA) is 71.8 Å². The summed E-state index contributed by atoms with van der Waals surface area (Å²) in [4.78, 5) is 18.9. The highest BCUT2D eigenvalue weighted by Gasteiger charge is 2.30. The molecule has 0 spiro atoms. The fourth-order valence-corrected chi connectivity index (χ4v) is 4.19. The third kappa shape index (κ3) is 3.71. The van der Waals surface area contributed by atoms with Crippen molar-refractivity contribution >= 4 is 27.9 Å². The number of rotatable bonds is 5. The maximum atomic E-state index is 11.1. The number of carbonyl (C=O) groups is 1. The van der Waals surface area contributed by atoms with Gasteiger partial charge in [-0.05, 0) is 19.1 Å². The van der Waals surface area contributed by atoms with Crippen molar-refractivity contribution in [1.29, 1.82) is 0 Å². The van der Waals surface area contributed by atoms with Gasteiger partial charge in [-0.3, -0.25) is 9.69 Å². The molecule has 3 aromatic rings. The summed E-state index contributed by atoms with van der Waals surface area (Å²) < 4.78 is 8.02. The highest BCUT2D eigenvalue weighted by atomic mass is 32.1. The van der Waals surface area contributed by atoms with Crippen molar-refractivity contribution in [3.63, 3.8) is 0 Å². The van der Waals surface area contributed by atoms with Crippen molar-refractivity contribution in [2.24, 2.45) is 0 Å². The van der Waals surface area contributed by atoms with Crippen molar-refractivity contribution in [1.82, 2.24) is 19.5 Å². The maximum absolute atomic E-state index is 11.1. The number of pyridine rings is 1. The highest BCUT2D eigenvalue weighted by Crippen LogP contribution is 2.27. The number of amides is 1. The van der Waals surface area contributed by atoms with Gasteiger partial charge in [-0.25, -0.2) is 9.50 Å². The molecule has 1 saturated heterocycles. The first-order chi connectivity index (χ1) is 12.6. The average molecular weight is 371 g/mol. The molecule has 1 aliphatic heterocycles. The molecule has 0 bridgehead atoms. The lowest BCUT2D eigenvalue weighted by Gasteiger charge is -2.19. The van der Waals surface area contributed by atoms with Gasteiger partial charge in [0.25, 0.3) is 0 Å². The van der Waals surface area contributed by atoms with Gasteiger partial charge in [0.1, 0.15) is 11.9 Å². The molecule has 0 unspecified atom stereocenters. The van der Waals surface area contributed by atoms with E-state index in [4.69, 9.17) is 4.74 Å². The van der Waals surface area contributed by atoms with Crippen molar-refractivity contribution in [2.75, 3.05) is 11.9 Å². The van der Waals surface area contributed by atoms with E-state index >= 15 is 0 Å². The molecular weight excluding hydrogens is 350 g/mol. The zero-order valence-corrected chi connectivity index (χ0v) is 15.6. The van der Waals surface area contributed by atoms with Crippen LogP contribution in [0.1, 0.15) is 25.1 Å². The number of ether oxygens (including phenoxy) is 1. The lowest BCUT2D eigenvalue weighted by molar-refractivity contribution is -0.114. The maximum Gasteiger partial charge on any atom is 0.223 e. The van der Waals surface area contributed by atoms with Gasteiger partial charge >= 0.3 is 0 Å². The molecule has 4 rings (SSSR count).